The van der Waals surface area contributed by atoms with Gasteiger partial charge in [-0.1, -0.05) is 50.6 Å². The van der Waals surface area contributed by atoms with E-state index in [1.807, 2.05) is 0 Å². The zero-order valence-electron chi connectivity index (χ0n) is 13.0. The molecule has 0 saturated heterocycles. The summed E-state index contributed by atoms with van der Waals surface area (Å²) in [5.41, 5.74) is 0.746. The van der Waals surface area contributed by atoms with E-state index in [-0.39, 0.29) is 5.82 Å². The normalized spacial score (nSPS) is 19.0. The maximum absolute atomic E-state index is 14.0. The first-order valence-electron chi connectivity index (χ1n) is 8.38. The third-order valence-electron chi connectivity index (χ3n) is 4.63. The highest BCUT2D eigenvalue weighted by Crippen LogP contribution is 2.27. The van der Waals surface area contributed by atoms with Crippen molar-refractivity contribution in [2.75, 3.05) is 6.54 Å². The predicted molar refractivity (Wildman–Crippen MR) is 88.4 cm³/mol. The van der Waals surface area contributed by atoms with Crippen molar-refractivity contribution >= 4 is 11.6 Å². The topological polar surface area (TPSA) is 12.0 Å². The lowest BCUT2D eigenvalue weighted by atomic mass is 9.83. The molecule has 1 atom stereocenters. The first-order chi connectivity index (χ1) is 10.2. The van der Waals surface area contributed by atoms with Gasteiger partial charge in [0.1, 0.15) is 5.82 Å². The van der Waals surface area contributed by atoms with Crippen molar-refractivity contribution in [1.82, 2.24) is 5.32 Å². The molecule has 0 heterocycles. The Balaban J connectivity index is 2.07. The summed E-state index contributed by atoms with van der Waals surface area (Å²) in [7, 11) is 0. The van der Waals surface area contributed by atoms with E-state index in [0.717, 1.165) is 18.5 Å². The van der Waals surface area contributed by atoms with Crippen LogP contribution in [0.4, 0.5) is 4.39 Å². The number of rotatable bonds is 5. The Morgan fingerprint density at radius 3 is 2.52 bits per heavy atom. The van der Waals surface area contributed by atoms with Gasteiger partial charge >= 0.3 is 0 Å². The second-order valence-electron chi connectivity index (χ2n) is 6.21. The van der Waals surface area contributed by atoms with E-state index < -0.39 is 0 Å². The lowest BCUT2D eigenvalue weighted by molar-refractivity contribution is 0.284. The second-order valence-corrected chi connectivity index (χ2v) is 6.65. The zero-order chi connectivity index (χ0) is 15.1. The largest absolute Gasteiger partial charge is 0.314 e. The van der Waals surface area contributed by atoms with Crippen molar-refractivity contribution < 1.29 is 4.39 Å². The highest BCUT2D eigenvalue weighted by atomic mass is 35.5. The van der Waals surface area contributed by atoms with Gasteiger partial charge < -0.3 is 5.32 Å². The van der Waals surface area contributed by atoms with Gasteiger partial charge in [0, 0.05) is 11.1 Å². The minimum absolute atomic E-state index is 0.131. The van der Waals surface area contributed by atoms with Crippen molar-refractivity contribution in [3.05, 3.63) is 34.6 Å². The van der Waals surface area contributed by atoms with Gasteiger partial charge in [0.15, 0.2) is 0 Å². The number of benzene rings is 1. The summed E-state index contributed by atoms with van der Waals surface area (Å²) in [6.07, 6.45) is 9.96. The van der Waals surface area contributed by atoms with Gasteiger partial charge in [-0.2, -0.15) is 0 Å². The Bertz CT molecular complexity index is 427. The molecule has 0 spiro atoms. The summed E-state index contributed by atoms with van der Waals surface area (Å²) < 4.78 is 14.0. The summed E-state index contributed by atoms with van der Waals surface area (Å²) in [5.74, 6) is 0.525. The molecule has 118 valence electrons. The van der Waals surface area contributed by atoms with E-state index in [4.69, 9.17) is 11.6 Å². The molecular formula is C18H27ClFN. The molecule has 1 nitrogen and oxygen atoms in total. The van der Waals surface area contributed by atoms with Crippen molar-refractivity contribution in [2.24, 2.45) is 5.92 Å². The lowest BCUT2D eigenvalue weighted by Crippen LogP contribution is -2.38. The maximum atomic E-state index is 14.0. The Labute approximate surface area is 133 Å². The molecule has 1 aliphatic carbocycles. The SMILES string of the molecule is CCNC(Cc1cc(Cl)ccc1F)C1CCCCCCC1. The number of likely N-dealkylation sites (N-methyl/N-ethyl adjacent to an activating group) is 1. The fourth-order valence-corrected chi connectivity index (χ4v) is 3.69. The summed E-state index contributed by atoms with van der Waals surface area (Å²) in [4.78, 5) is 0. The smallest absolute Gasteiger partial charge is 0.126 e. The molecule has 1 aromatic carbocycles. The number of hydrogen-bond donors (Lipinski definition) is 1. The maximum Gasteiger partial charge on any atom is 0.126 e. The average molecular weight is 312 g/mol. The zero-order valence-corrected chi connectivity index (χ0v) is 13.8. The molecule has 2 rings (SSSR count). The first-order valence-corrected chi connectivity index (χ1v) is 8.75. The van der Waals surface area contributed by atoms with Crippen LogP contribution in [0.1, 0.15) is 57.4 Å². The Hall–Kier alpha value is -0.600. The van der Waals surface area contributed by atoms with Crippen LogP contribution in [0.2, 0.25) is 5.02 Å². The molecule has 0 bridgehead atoms. The molecular weight excluding hydrogens is 285 g/mol. The molecule has 1 saturated carbocycles. The van der Waals surface area contributed by atoms with Gasteiger partial charge in [-0.3, -0.25) is 0 Å². The standard InChI is InChI=1S/C18H27ClFN/c1-2-21-18(14-8-6-4-3-5-7-9-14)13-15-12-16(19)10-11-17(15)20/h10-12,14,18,21H,2-9,13H2,1H3. The van der Waals surface area contributed by atoms with Crippen LogP contribution in [0.25, 0.3) is 0 Å². The third-order valence-corrected chi connectivity index (χ3v) is 4.87. The van der Waals surface area contributed by atoms with Gasteiger partial charge in [-0.25, -0.2) is 4.39 Å². The van der Waals surface area contributed by atoms with Crippen LogP contribution < -0.4 is 5.32 Å². The highest BCUT2D eigenvalue weighted by Gasteiger charge is 2.22. The molecule has 1 aromatic rings. The van der Waals surface area contributed by atoms with E-state index in [0.29, 0.717) is 17.0 Å². The third kappa shape index (κ3) is 5.27. The van der Waals surface area contributed by atoms with E-state index >= 15 is 0 Å². The molecule has 1 aliphatic rings. The molecule has 0 aromatic heterocycles. The molecule has 1 fully saturated rings. The fourth-order valence-electron chi connectivity index (χ4n) is 3.49. The van der Waals surface area contributed by atoms with E-state index in [2.05, 4.69) is 12.2 Å². The van der Waals surface area contributed by atoms with Crippen molar-refractivity contribution in [1.29, 1.82) is 0 Å². The van der Waals surface area contributed by atoms with Gasteiger partial charge in [0.25, 0.3) is 0 Å². The lowest BCUT2D eigenvalue weighted by Gasteiger charge is -2.29. The van der Waals surface area contributed by atoms with Crippen LogP contribution in [0.5, 0.6) is 0 Å². The Morgan fingerprint density at radius 1 is 1.19 bits per heavy atom. The van der Waals surface area contributed by atoms with Gasteiger partial charge in [-0.05, 0) is 55.5 Å². The van der Waals surface area contributed by atoms with Gasteiger partial charge in [-0.15, -0.1) is 0 Å². The summed E-state index contributed by atoms with van der Waals surface area (Å²) in [6, 6.07) is 5.25. The van der Waals surface area contributed by atoms with Crippen LogP contribution in [0, 0.1) is 11.7 Å². The average Bonchev–Trinajstić information content (AvgIpc) is 2.42. The molecule has 3 heteroatoms. The molecule has 0 amide bonds. The van der Waals surface area contributed by atoms with Crippen LogP contribution in [-0.2, 0) is 6.42 Å². The Kier molecular flexibility index (Phi) is 6.98. The van der Waals surface area contributed by atoms with Crippen LogP contribution in [0.15, 0.2) is 18.2 Å². The molecule has 21 heavy (non-hydrogen) atoms. The van der Waals surface area contributed by atoms with Crippen LogP contribution in [-0.4, -0.2) is 12.6 Å². The van der Waals surface area contributed by atoms with E-state index in [1.54, 1.807) is 12.1 Å². The van der Waals surface area contributed by atoms with Crippen LogP contribution in [0.3, 0.4) is 0 Å². The summed E-state index contributed by atoms with van der Waals surface area (Å²) in [6.45, 7) is 3.06. The van der Waals surface area contributed by atoms with Crippen molar-refractivity contribution in [3.8, 4) is 0 Å². The minimum Gasteiger partial charge on any atom is -0.314 e. The fraction of sp³-hybridized carbons (Fsp3) is 0.667. The summed E-state index contributed by atoms with van der Waals surface area (Å²) >= 11 is 6.02. The Morgan fingerprint density at radius 2 is 1.86 bits per heavy atom. The van der Waals surface area contributed by atoms with Gasteiger partial charge in [0.2, 0.25) is 0 Å². The number of hydrogen-bond acceptors (Lipinski definition) is 1. The molecule has 0 aliphatic heterocycles. The highest BCUT2D eigenvalue weighted by molar-refractivity contribution is 6.30. The number of halogens is 2. The molecule has 0 radical (unpaired) electrons. The summed E-state index contributed by atoms with van der Waals surface area (Å²) in [5, 5.41) is 4.21. The van der Waals surface area contributed by atoms with Crippen molar-refractivity contribution in [2.45, 2.75) is 64.3 Å². The van der Waals surface area contributed by atoms with E-state index in [1.165, 1.54) is 51.0 Å². The predicted octanol–water partition coefficient (Wildman–Crippen LogP) is 5.36. The molecule has 1 unspecified atom stereocenters. The quantitative estimate of drug-likeness (QED) is 0.772. The second kappa shape index (κ2) is 8.75. The number of nitrogens with one attached hydrogen (secondary N) is 1. The van der Waals surface area contributed by atoms with E-state index in [9.17, 15) is 4.39 Å². The van der Waals surface area contributed by atoms with Crippen molar-refractivity contribution in [3.63, 3.8) is 0 Å². The minimum atomic E-state index is -0.131. The van der Waals surface area contributed by atoms with Gasteiger partial charge in [0.05, 0.1) is 0 Å². The monoisotopic (exact) mass is 311 g/mol. The molecule has 1 N–H and O–H groups in total. The first kappa shape index (κ1) is 16.8. The van der Waals surface area contributed by atoms with Crippen LogP contribution >= 0.6 is 11.6 Å².